The van der Waals surface area contributed by atoms with Crippen molar-refractivity contribution in [2.75, 3.05) is 0 Å². The molecule has 87 heavy (non-hydrogen) atoms. The highest BCUT2D eigenvalue weighted by atomic mass is 15.0. The molecular formula is C79H48N8. The topological polar surface area (TPSA) is 87.2 Å². The van der Waals surface area contributed by atoms with Gasteiger partial charge in [0.15, 0.2) is 34.9 Å². The summed E-state index contributed by atoms with van der Waals surface area (Å²) in [5.74, 6) is 3.59. The van der Waals surface area contributed by atoms with Crippen molar-refractivity contribution in [1.82, 2.24) is 39.0 Å². The summed E-state index contributed by atoms with van der Waals surface area (Å²) < 4.78 is 4.88. The van der Waals surface area contributed by atoms with Crippen molar-refractivity contribution in [1.29, 1.82) is 0 Å². The van der Waals surface area contributed by atoms with E-state index in [1.54, 1.807) is 0 Å². The van der Waals surface area contributed by atoms with Crippen LogP contribution in [0.2, 0.25) is 0 Å². The van der Waals surface area contributed by atoms with E-state index in [0.29, 0.717) is 34.9 Å². The van der Waals surface area contributed by atoms with E-state index in [0.717, 1.165) is 100 Å². The highest BCUT2D eigenvalue weighted by Crippen LogP contribution is 2.64. The van der Waals surface area contributed by atoms with Gasteiger partial charge in [-0.2, -0.15) is 0 Å². The molecule has 404 valence electrons. The number of benzene rings is 12. The molecule has 0 radical (unpaired) electrons. The Morgan fingerprint density at radius 2 is 0.448 bits per heavy atom. The molecule has 8 nitrogen and oxygen atoms in total. The van der Waals surface area contributed by atoms with Gasteiger partial charge in [0.25, 0.3) is 0 Å². The number of aromatic nitrogens is 8. The van der Waals surface area contributed by atoms with Gasteiger partial charge in [-0.3, -0.25) is 0 Å². The summed E-state index contributed by atoms with van der Waals surface area (Å²) in [6.45, 7) is 0. The molecule has 0 amide bonds. The fourth-order valence-corrected chi connectivity index (χ4v) is 14.0. The average Bonchev–Trinajstić information content (AvgIpc) is 1.51. The van der Waals surface area contributed by atoms with E-state index in [9.17, 15) is 0 Å². The maximum atomic E-state index is 5.36. The molecule has 0 unspecified atom stereocenters. The Morgan fingerprint density at radius 3 is 0.747 bits per heavy atom. The first-order valence-corrected chi connectivity index (χ1v) is 29.4. The summed E-state index contributed by atoms with van der Waals surface area (Å²) in [7, 11) is 0. The number of hydrogen-bond acceptors (Lipinski definition) is 6. The van der Waals surface area contributed by atoms with Crippen molar-refractivity contribution in [2.45, 2.75) is 5.41 Å². The molecule has 18 rings (SSSR count). The molecule has 1 spiro atoms. The van der Waals surface area contributed by atoms with Crippen LogP contribution in [-0.4, -0.2) is 39.0 Å². The van der Waals surface area contributed by atoms with E-state index in [1.165, 1.54) is 32.7 Å². The number of hydrogen-bond donors (Lipinski definition) is 0. The fourth-order valence-electron chi connectivity index (χ4n) is 14.0. The van der Waals surface area contributed by atoms with Crippen LogP contribution in [0.25, 0.3) is 146 Å². The highest BCUT2D eigenvalue weighted by Gasteiger charge is 2.53. The van der Waals surface area contributed by atoms with Crippen LogP contribution in [-0.2, 0) is 5.41 Å². The van der Waals surface area contributed by atoms with Crippen molar-refractivity contribution in [3.8, 4) is 102 Å². The zero-order chi connectivity index (χ0) is 57.2. The summed E-state index contributed by atoms with van der Waals surface area (Å²) in [5.41, 5.74) is 20.3. The monoisotopic (exact) mass is 1110 g/mol. The van der Waals surface area contributed by atoms with Crippen molar-refractivity contribution in [3.05, 3.63) is 313 Å². The van der Waals surface area contributed by atoms with E-state index >= 15 is 0 Å². The SMILES string of the molecule is c1ccc(-c2nc(-c3ccccc3)nc(-c3ccc4c(c3)C3(c5cc(-c6nc(-c7ccccc7)nc(-c7ccccc7)n6)ccc5-4)c4cc(-n5c6ccccc6c6ccccc65)ccc4-c4ccc(-n5c6ccccc6c6ccccc65)cc43)n2)cc1. The molecule has 0 aliphatic heterocycles. The van der Waals surface area contributed by atoms with E-state index in [-0.39, 0.29) is 0 Å². The molecular weight excluding hydrogens is 1060 g/mol. The van der Waals surface area contributed by atoms with Crippen molar-refractivity contribution >= 4 is 43.6 Å². The van der Waals surface area contributed by atoms with Gasteiger partial charge in [-0.25, -0.2) is 29.9 Å². The zero-order valence-corrected chi connectivity index (χ0v) is 46.8. The molecule has 4 aromatic heterocycles. The summed E-state index contributed by atoms with van der Waals surface area (Å²) in [4.78, 5) is 31.7. The summed E-state index contributed by atoms with van der Waals surface area (Å²) >= 11 is 0. The third kappa shape index (κ3) is 7.44. The molecule has 2 aliphatic carbocycles. The number of rotatable bonds is 8. The normalized spacial score (nSPS) is 12.7. The van der Waals surface area contributed by atoms with E-state index in [1.807, 2.05) is 72.8 Å². The van der Waals surface area contributed by atoms with E-state index in [4.69, 9.17) is 29.9 Å². The first kappa shape index (κ1) is 48.8. The minimum atomic E-state index is -0.931. The Kier molecular flexibility index (Phi) is 10.7. The quantitative estimate of drug-likeness (QED) is 0.151. The van der Waals surface area contributed by atoms with Crippen LogP contribution in [0, 0.1) is 0 Å². The second-order valence-corrected chi connectivity index (χ2v) is 22.5. The third-order valence-corrected chi connectivity index (χ3v) is 17.8. The van der Waals surface area contributed by atoms with Crippen LogP contribution in [0.4, 0.5) is 0 Å². The lowest BCUT2D eigenvalue weighted by atomic mass is 9.70. The first-order valence-electron chi connectivity index (χ1n) is 29.4. The molecule has 0 N–H and O–H groups in total. The predicted molar refractivity (Wildman–Crippen MR) is 351 cm³/mol. The lowest BCUT2D eigenvalue weighted by Gasteiger charge is -2.32. The summed E-state index contributed by atoms with van der Waals surface area (Å²) in [6, 6.07) is 104. The van der Waals surface area contributed by atoms with Crippen molar-refractivity contribution in [3.63, 3.8) is 0 Å². The highest BCUT2D eigenvalue weighted by molar-refractivity contribution is 6.11. The van der Waals surface area contributed by atoms with Crippen LogP contribution in [0.3, 0.4) is 0 Å². The zero-order valence-electron chi connectivity index (χ0n) is 46.8. The molecule has 0 atom stereocenters. The molecule has 0 bridgehead atoms. The van der Waals surface area contributed by atoms with Crippen LogP contribution in [0.1, 0.15) is 22.3 Å². The van der Waals surface area contributed by atoms with Gasteiger partial charge in [0, 0.05) is 66.3 Å². The predicted octanol–water partition coefficient (Wildman–Crippen LogP) is 18.6. The van der Waals surface area contributed by atoms with Crippen molar-refractivity contribution < 1.29 is 0 Å². The summed E-state index contributed by atoms with van der Waals surface area (Å²) in [6.07, 6.45) is 0. The Morgan fingerprint density at radius 1 is 0.207 bits per heavy atom. The van der Waals surface area contributed by atoms with Gasteiger partial charge in [0.1, 0.15) is 0 Å². The van der Waals surface area contributed by atoms with Crippen LogP contribution < -0.4 is 0 Å². The standard InChI is InChI=1S/C79H48N8/c1-5-21-49(22-6-1)73-80-74(50-23-7-2-8-24-50)83-77(82-73)53-37-41-57-58-42-38-54(78-84-75(51-25-9-3-10-26-51)81-76(85-78)52-27-11-4-12-28-52)46-66(58)79(65(57)45-53)67-47-55(86-69-33-17-13-29-61(69)62-30-14-18-34-70(62)86)39-43-59(67)60-44-40-56(48-68(60)79)87-71-35-19-15-31-63(71)64-32-16-20-36-72(64)87/h1-48H. The summed E-state index contributed by atoms with van der Waals surface area (Å²) in [5, 5.41) is 4.82. The molecule has 2 aliphatic rings. The number of para-hydroxylation sites is 4. The molecule has 16 aromatic rings. The largest absolute Gasteiger partial charge is 0.309 e. The number of nitrogens with zero attached hydrogens (tertiary/aromatic N) is 8. The van der Waals surface area contributed by atoms with E-state index in [2.05, 4.69) is 228 Å². The number of fused-ring (bicyclic) bond motifs is 16. The van der Waals surface area contributed by atoms with Gasteiger partial charge in [0.05, 0.1) is 27.5 Å². The molecule has 0 saturated heterocycles. The van der Waals surface area contributed by atoms with Gasteiger partial charge in [0.2, 0.25) is 0 Å². The van der Waals surface area contributed by atoms with Crippen LogP contribution in [0.15, 0.2) is 291 Å². The Bertz CT molecular complexity index is 4900. The maximum Gasteiger partial charge on any atom is 0.164 e. The second kappa shape index (κ2) is 19.2. The van der Waals surface area contributed by atoms with Crippen LogP contribution >= 0.6 is 0 Å². The van der Waals surface area contributed by atoms with Gasteiger partial charge >= 0.3 is 0 Å². The second-order valence-electron chi connectivity index (χ2n) is 22.5. The maximum absolute atomic E-state index is 5.36. The van der Waals surface area contributed by atoms with E-state index < -0.39 is 5.41 Å². The van der Waals surface area contributed by atoms with Gasteiger partial charge in [-0.05, 0) is 105 Å². The van der Waals surface area contributed by atoms with Gasteiger partial charge < -0.3 is 9.13 Å². The molecule has 8 heteroatoms. The third-order valence-electron chi connectivity index (χ3n) is 17.8. The Labute approximate surface area is 500 Å². The smallest absolute Gasteiger partial charge is 0.164 e. The first-order chi connectivity index (χ1) is 43.1. The fraction of sp³-hybridized carbons (Fsp3) is 0.0127. The minimum absolute atomic E-state index is 0.584. The molecule has 0 fully saturated rings. The van der Waals surface area contributed by atoms with Gasteiger partial charge in [-0.1, -0.05) is 231 Å². The van der Waals surface area contributed by atoms with Crippen molar-refractivity contribution in [2.24, 2.45) is 0 Å². The Balaban J connectivity index is 0.955. The lowest BCUT2D eigenvalue weighted by Crippen LogP contribution is -2.26. The van der Waals surface area contributed by atoms with Gasteiger partial charge in [-0.15, -0.1) is 0 Å². The molecule has 12 aromatic carbocycles. The lowest BCUT2D eigenvalue weighted by molar-refractivity contribution is 0.791. The molecule has 0 saturated carbocycles. The average molecular weight is 1110 g/mol. The minimum Gasteiger partial charge on any atom is -0.309 e. The van der Waals surface area contributed by atoms with Crippen LogP contribution in [0.5, 0.6) is 0 Å². The Hall–Kier alpha value is -11.7. The molecule has 4 heterocycles.